The zero-order valence-electron chi connectivity index (χ0n) is 21.6. The number of aliphatic hydroxyl groups is 1. The van der Waals surface area contributed by atoms with E-state index in [4.69, 9.17) is 4.98 Å². The summed E-state index contributed by atoms with van der Waals surface area (Å²) < 4.78 is 1.69. The fraction of sp³-hybridized carbons (Fsp3) is 0.483. The van der Waals surface area contributed by atoms with E-state index < -0.39 is 11.6 Å². The number of fused-ring (bicyclic) bond motifs is 1. The summed E-state index contributed by atoms with van der Waals surface area (Å²) in [4.78, 5) is 44.1. The molecule has 6 rings (SSSR count). The first kappa shape index (κ1) is 24.7. The lowest BCUT2D eigenvalue weighted by atomic mass is 9.87. The van der Waals surface area contributed by atoms with Crippen LogP contribution in [0.15, 0.2) is 59.8 Å². The number of aromatic nitrogens is 4. The van der Waals surface area contributed by atoms with Gasteiger partial charge in [-0.1, -0.05) is 49.6 Å². The fourth-order valence-corrected chi connectivity index (χ4v) is 6.46. The van der Waals surface area contributed by atoms with Gasteiger partial charge in [-0.15, -0.1) is 0 Å². The van der Waals surface area contributed by atoms with Crippen LogP contribution < -0.4 is 10.5 Å². The largest absolute Gasteiger partial charge is 0.387 e. The second kappa shape index (κ2) is 10.3. The van der Waals surface area contributed by atoms with Crippen LogP contribution in [0.1, 0.15) is 56.6 Å². The number of carbonyl (C=O) groups is 1. The minimum Gasteiger partial charge on any atom is -0.387 e. The molecule has 2 atom stereocenters. The summed E-state index contributed by atoms with van der Waals surface area (Å²) in [5.41, 5.74) is 1.31. The Morgan fingerprint density at radius 2 is 1.84 bits per heavy atom. The van der Waals surface area contributed by atoms with Crippen LogP contribution in [0.3, 0.4) is 0 Å². The summed E-state index contributed by atoms with van der Waals surface area (Å²) in [5, 5.41) is 11.3. The Kier molecular flexibility index (Phi) is 6.69. The van der Waals surface area contributed by atoms with Gasteiger partial charge in [-0.25, -0.2) is 15.0 Å². The first-order valence-electron chi connectivity index (χ1n) is 13.7. The van der Waals surface area contributed by atoms with Crippen LogP contribution >= 0.6 is 0 Å². The first-order chi connectivity index (χ1) is 18.5. The zero-order chi connectivity index (χ0) is 26.1. The summed E-state index contributed by atoms with van der Waals surface area (Å²) in [5.74, 6) is 0.901. The molecule has 1 aromatic carbocycles. The molecule has 3 aliphatic rings. The number of anilines is 1. The van der Waals surface area contributed by atoms with Crippen molar-refractivity contribution in [3.63, 3.8) is 0 Å². The Morgan fingerprint density at radius 1 is 1.05 bits per heavy atom. The van der Waals surface area contributed by atoms with Gasteiger partial charge in [0.05, 0.1) is 29.6 Å². The zero-order valence-corrected chi connectivity index (χ0v) is 21.6. The predicted molar refractivity (Wildman–Crippen MR) is 143 cm³/mol. The normalized spacial score (nSPS) is 22.4. The molecule has 1 amide bonds. The summed E-state index contributed by atoms with van der Waals surface area (Å²) >= 11 is 0. The third-order valence-corrected chi connectivity index (χ3v) is 8.59. The molecule has 1 saturated carbocycles. The van der Waals surface area contributed by atoms with E-state index in [2.05, 4.69) is 14.9 Å². The number of amides is 1. The molecule has 1 saturated heterocycles. The van der Waals surface area contributed by atoms with Crippen LogP contribution in [0.5, 0.6) is 0 Å². The monoisotopic (exact) mass is 514 g/mol. The Bertz CT molecular complexity index is 1340. The molecule has 198 valence electrons. The standard InChI is InChI=1S/C29H34N6O3/c36-25(21-7-3-1-4-8-21)18-35-28-32-24(23-11-14-30-20-31-23)17-26(37)34(28)16-13-29(35)12-15-33(19-29)27(38)22-9-5-2-6-10-22/h1,3-4,7-8,11,14,17,20,22,25,36H,2,5-6,9-10,12-13,15-16,18-19H2/t25-,29?/m1/s1. The van der Waals surface area contributed by atoms with Crippen molar-refractivity contribution >= 4 is 11.9 Å². The maximum absolute atomic E-state index is 13.5. The highest BCUT2D eigenvalue weighted by atomic mass is 16.3. The number of likely N-dealkylation sites (tertiary alicyclic amines) is 1. The highest BCUT2D eigenvalue weighted by Gasteiger charge is 2.49. The van der Waals surface area contributed by atoms with Crippen molar-refractivity contribution < 1.29 is 9.90 Å². The van der Waals surface area contributed by atoms with Gasteiger partial charge in [0.1, 0.15) is 6.33 Å². The van der Waals surface area contributed by atoms with E-state index in [-0.39, 0.29) is 23.9 Å². The molecule has 9 nitrogen and oxygen atoms in total. The number of hydrogen-bond acceptors (Lipinski definition) is 7. The van der Waals surface area contributed by atoms with Gasteiger partial charge in [-0.3, -0.25) is 14.2 Å². The number of benzene rings is 1. The van der Waals surface area contributed by atoms with E-state index >= 15 is 0 Å². The van der Waals surface area contributed by atoms with E-state index in [9.17, 15) is 14.7 Å². The van der Waals surface area contributed by atoms with Gasteiger partial charge in [0.15, 0.2) is 0 Å². The average molecular weight is 515 g/mol. The number of β-amino-alcohol motifs (C(OH)–C–C–N with tert-alkyl or cyclic N) is 1. The maximum Gasteiger partial charge on any atom is 0.255 e. The SMILES string of the molecule is O=C(C1CCCCC1)N1CCC2(CCn3c(nc(-c4ccncn4)cc3=O)N2C[C@@H](O)c2ccccc2)C1. The molecule has 2 aliphatic heterocycles. The third kappa shape index (κ3) is 4.60. The molecule has 1 spiro atoms. The van der Waals surface area contributed by atoms with Crippen molar-refractivity contribution in [2.24, 2.45) is 5.92 Å². The van der Waals surface area contributed by atoms with Crippen LogP contribution in [0.2, 0.25) is 0 Å². The Balaban J connectivity index is 1.38. The summed E-state index contributed by atoms with van der Waals surface area (Å²) in [6.07, 6.45) is 9.19. The average Bonchev–Trinajstić information content (AvgIpc) is 3.40. The topological polar surface area (TPSA) is 104 Å². The smallest absolute Gasteiger partial charge is 0.255 e. The molecule has 0 radical (unpaired) electrons. The van der Waals surface area contributed by atoms with E-state index in [0.29, 0.717) is 43.4 Å². The Morgan fingerprint density at radius 3 is 2.61 bits per heavy atom. The molecule has 0 bridgehead atoms. The van der Waals surface area contributed by atoms with Crippen LogP contribution in [0.25, 0.3) is 11.4 Å². The molecule has 2 fully saturated rings. The third-order valence-electron chi connectivity index (χ3n) is 8.59. The molecule has 1 N–H and O–H groups in total. The lowest BCUT2D eigenvalue weighted by Crippen LogP contribution is -2.58. The van der Waals surface area contributed by atoms with E-state index in [1.807, 2.05) is 35.2 Å². The number of nitrogens with zero attached hydrogens (tertiary/aromatic N) is 6. The molecule has 1 aliphatic carbocycles. The van der Waals surface area contributed by atoms with E-state index in [1.54, 1.807) is 16.8 Å². The van der Waals surface area contributed by atoms with Crippen molar-refractivity contribution in [1.82, 2.24) is 24.4 Å². The van der Waals surface area contributed by atoms with Gasteiger partial charge in [0.25, 0.3) is 5.56 Å². The summed E-state index contributed by atoms with van der Waals surface area (Å²) in [7, 11) is 0. The highest BCUT2D eigenvalue weighted by Crippen LogP contribution is 2.41. The minimum atomic E-state index is -0.776. The van der Waals surface area contributed by atoms with Crippen molar-refractivity contribution in [2.45, 2.75) is 63.1 Å². The molecule has 2 aromatic heterocycles. The van der Waals surface area contributed by atoms with Crippen molar-refractivity contribution in [1.29, 1.82) is 0 Å². The first-order valence-corrected chi connectivity index (χ1v) is 13.7. The van der Waals surface area contributed by atoms with E-state index in [1.165, 1.54) is 18.8 Å². The molecule has 1 unspecified atom stereocenters. The molecule has 9 heteroatoms. The molecule has 38 heavy (non-hydrogen) atoms. The van der Waals surface area contributed by atoms with Gasteiger partial charge >= 0.3 is 0 Å². The van der Waals surface area contributed by atoms with Crippen LogP contribution in [-0.2, 0) is 11.3 Å². The van der Waals surface area contributed by atoms with Gasteiger partial charge < -0.3 is 14.9 Å². The fourth-order valence-electron chi connectivity index (χ4n) is 6.46. The lowest BCUT2D eigenvalue weighted by Gasteiger charge is -2.47. The molecular weight excluding hydrogens is 480 g/mol. The van der Waals surface area contributed by atoms with Gasteiger partial charge in [0, 0.05) is 37.8 Å². The summed E-state index contributed by atoms with van der Waals surface area (Å²) in [6.45, 7) is 2.06. The van der Waals surface area contributed by atoms with Crippen molar-refractivity contribution in [3.8, 4) is 11.4 Å². The van der Waals surface area contributed by atoms with Crippen molar-refractivity contribution in [2.75, 3.05) is 24.5 Å². The Hall–Kier alpha value is -3.59. The number of aliphatic hydroxyl groups excluding tert-OH is 1. The minimum absolute atomic E-state index is 0.114. The molecule has 4 heterocycles. The quantitative estimate of drug-likeness (QED) is 0.558. The predicted octanol–water partition coefficient (Wildman–Crippen LogP) is 3.20. The second-order valence-electron chi connectivity index (χ2n) is 10.9. The number of rotatable bonds is 5. The maximum atomic E-state index is 13.5. The van der Waals surface area contributed by atoms with Gasteiger partial charge in [0.2, 0.25) is 11.9 Å². The molecular formula is C29H34N6O3. The Labute approximate surface area is 222 Å². The van der Waals surface area contributed by atoms with Crippen molar-refractivity contribution in [3.05, 3.63) is 70.9 Å². The second-order valence-corrected chi connectivity index (χ2v) is 10.9. The number of hydrogen-bond donors (Lipinski definition) is 1. The van der Waals surface area contributed by atoms with Gasteiger partial charge in [-0.2, -0.15) is 0 Å². The van der Waals surface area contributed by atoms with E-state index in [0.717, 1.165) is 37.7 Å². The van der Waals surface area contributed by atoms with Crippen LogP contribution in [0, 0.1) is 5.92 Å². The lowest BCUT2D eigenvalue weighted by molar-refractivity contribution is -0.135. The highest BCUT2D eigenvalue weighted by molar-refractivity contribution is 5.79. The van der Waals surface area contributed by atoms with Gasteiger partial charge in [-0.05, 0) is 37.3 Å². The number of carbonyl (C=O) groups excluding carboxylic acids is 1. The van der Waals surface area contributed by atoms with Crippen LogP contribution in [-0.4, -0.2) is 60.6 Å². The van der Waals surface area contributed by atoms with Crippen LogP contribution in [0.4, 0.5) is 5.95 Å². The summed E-state index contributed by atoms with van der Waals surface area (Å²) in [6, 6.07) is 12.8. The molecule has 3 aromatic rings.